The van der Waals surface area contributed by atoms with Gasteiger partial charge in [0.1, 0.15) is 5.75 Å². The van der Waals surface area contributed by atoms with Crippen LogP contribution in [0.25, 0.3) is 0 Å². The number of nitrogens with zero attached hydrogens (tertiary/aromatic N) is 1. The second kappa shape index (κ2) is 6.56. The lowest BCUT2D eigenvalue weighted by Gasteiger charge is -2.21. The van der Waals surface area contributed by atoms with Crippen LogP contribution in [0, 0.1) is 18.6 Å². The second-order valence-corrected chi connectivity index (χ2v) is 4.83. The Morgan fingerprint density at radius 1 is 1.14 bits per heavy atom. The van der Waals surface area contributed by atoms with Gasteiger partial charge < -0.3 is 9.64 Å². The largest absolute Gasteiger partial charge is 0.496 e. The van der Waals surface area contributed by atoms with E-state index in [0.29, 0.717) is 23.5 Å². The van der Waals surface area contributed by atoms with E-state index in [2.05, 4.69) is 0 Å². The Morgan fingerprint density at radius 3 is 2.45 bits per heavy atom. The van der Waals surface area contributed by atoms with E-state index in [1.54, 1.807) is 25.1 Å². The normalized spacial score (nSPS) is 10.4. The summed E-state index contributed by atoms with van der Waals surface area (Å²) in [5, 5.41) is 0. The van der Waals surface area contributed by atoms with Gasteiger partial charge in [-0.05, 0) is 43.7 Å². The van der Waals surface area contributed by atoms with Crippen LogP contribution in [0.15, 0.2) is 36.4 Å². The Labute approximate surface area is 128 Å². The highest BCUT2D eigenvalue weighted by Gasteiger charge is 2.18. The highest BCUT2D eigenvalue weighted by molar-refractivity contribution is 6.06. The maximum Gasteiger partial charge on any atom is 0.258 e. The number of methoxy groups -OCH3 is 1. The number of hydrogen-bond acceptors (Lipinski definition) is 2. The zero-order valence-corrected chi connectivity index (χ0v) is 12.7. The standard InChI is InChI=1S/C17H17F2NO2/c1-4-20(13-7-8-14(18)15(19)10-13)17(21)12-6-5-11(2)16(9-12)22-3/h5-10H,4H2,1-3H3. The van der Waals surface area contributed by atoms with Gasteiger partial charge in [0.05, 0.1) is 7.11 Å². The number of amides is 1. The monoisotopic (exact) mass is 305 g/mol. The van der Waals surface area contributed by atoms with E-state index >= 15 is 0 Å². The molecule has 0 aliphatic rings. The molecule has 2 aromatic carbocycles. The second-order valence-electron chi connectivity index (χ2n) is 4.83. The summed E-state index contributed by atoms with van der Waals surface area (Å²) in [7, 11) is 1.53. The fourth-order valence-electron chi connectivity index (χ4n) is 2.21. The molecule has 0 aliphatic heterocycles. The molecule has 0 aliphatic carbocycles. The molecule has 0 radical (unpaired) electrons. The minimum atomic E-state index is -0.981. The summed E-state index contributed by atoms with van der Waals surface area (Å²) in [5.41, 5.74) is 1.65. The highest BCUT2D eigenvalue weighted by atomic mass is 19.2. The van der Waals surface area contributed by atoms with Crippen LogP contribution in [0.5, 0.6) is 5.75 Å². The lowest BCUT2D eigenvalue weighted by atomic mass is 10.1. The first-order chi connectivity index (χ1) is 10.5. The van der Waals surface area contributed by atoms with Crippen molar-refractivity contribution in [2.75, 3.05) is 18.6 Å². The van der Waals surface area contributed by atoms with E-state index in [0.717, 1.165) is 17.7 Å². The molecule has 0 saturated carbocycles. The summed E-state index contributed by atoms with van der Waals surface area (Å²) >= 11 is 0. The van der Waals surface area contributed by atoms with Crippen molar-refractivity contribution in [3.8, 4) is 5.75 Å². The van der Waals surface area contributed by atoms with Gasteiger partial charge in [0, 0.05) is 23.9 Å². The topological polar surface area (TPSA) is 29.5 Å². The van der Waals surface area contributed by atoms with E-state index in [9.17, 15) is 13.6 Å². The molecule has 3 nitrogen and oxygen atoms in total. The van der Waals surface area contributed by atoms with E-state index in [1.807, 2.05) is 6.92 Å². The molecule has 2 rings (SSSR count). The van der Waals surface area contributed by atoms with Gasteiger partial charge in [-0.3, -0.25) is 4.79 Å². The first-order valence-corrected chi connectivity index (χ1v) is 6.89. The van der Waals surface area contributed by atoms with Crippen molar-refractivity contribution in [3.63, 3.8) is 0 Å². The average molecular weight is 305 g/mol. The Balaban J connectivity index is 2.38. The first kappa shape index (κ1) is 15.9. The van der Waals surface area contributed by atoms with Crippen molar-refractivity contribution in [3.05, 3.63) is 59.2 Å². The van der Waals surface area contributed by atoms with Gasteiger partial charge in [-0.25, -0.2) is 8.78 Å². The number of ether oxygens (including phenoxy) is 1. The van der Waals surface area contributed by atoms with Gasteiger partial charge in [0.2, 0.25) is 0 Å². The molecule has 0 fully saturated rings. The summed E-state index contributed by atoms with van der Waals surface area (Å²) in [6.07, 6.45) is 0. The molecule has 0 N–H and O–H groups in total. The van der Waals surface area contributed by atoms with Crippen molar-refractivity contribution < 1.29 is 18.3 Å². The Bertz CT molecular complexity index is 701. The molecule has 1 amide bonds. The number of hydrogen-bond donors (Lipinski definition) is 0. The molecule has 22 heavy (non-hydrogen) atoms. The number of aryl methyl sites for hydroxylation is 1. The molecule has 0 heterocycles. The number of benzene rings is 2. The minimum absolute atomic E-state index is 0.299. The van der Waals surface area contributed by atoms with Gasteiger partial charge in [-0.2, -0.15) is 0 Å². The maximum atomic E-state index is 13.4. The molecule has 116 valence electrons. The van der Waals surface area contributed by atoms with Gasteiger partial charge >= 0.3 is 0 Å². The van der Waals surface area contributed by atoms with E-state index in [4.69, 9.17) is 4.74 Å². The Hall–Kier alpha value is -2.43. The number of halogens is 2. The zero-order chi connectivity index (χ0) is 16.3. The molecule has 0 unspecified atom stereocenters. The predicted octanol–water partition coefficient (Wildman–Crippen LogP) is 3.95. The zero-order valence-electron chi connectivity index (χ0n) is 12.7. The summed E-state index contributed by atoms with van der Waals surface area (Å²) in [6.45, 7) is 3.98. The molecular formula is C17H17F2NO2. The molecule has 5 heteroatoms. The third kappa shape index (κ3) is 3.08. The lowest BCUT2D eigenvalue weighted by Crippen LogP contribution is -2.30. The van der Waals surface area contributed by atoms with Crippen LogP contribution in [0.2, 0.25) is 0 Å². The lowest BCUT2D eigenvalue weighted by molar-refractivity contribution is 0.0988. The molecule has 0 atom stereocenters. The van der Waals surface area contributed by atoms with Crippen LogP contribution in [-0.4, -0.2) is 19.6 Å². The van der Waals surface area contributed by atoms with Crippen LogP contribution in [0.4, 0.5) is 14.5 Å². The minimum Gasteiger partial charge on any atom is -0.496 e. The summed E-state index contributed by atoms with van der Waals surface area (Å²) in [5.74, 6) is -1.62. The first-order valence-electron chi connectivity index (χ1n) is 6.89. The highest BCUT2D eigenvalue weighted by Crippen LogP contribution is 2.23. The van der Waals surface area contributed by atoms with Gasteiger partial charge in [-0.15, -0.1) is 0 Å². The van der Waals surface area contributed by atoms with Gasteiger partial charge in [-0.1, -0.05) is 6.07 Å². The maximum absolute atomic E-state index is 13.4. The summed E-state index contributed by atoms with van der Waals surface area (Å²) < 4.78 is 31.6. The summed E-state index contributed by atoms with van der Waals surface area (Å²) in [6, 6.07) is 8.51. The van der Waals surface area contributed by atoms with Crippen molar-refractivity contribution in [2.24, 2.45) is 0 Å². The van der Waals surface area contributed by atoms with Crippen molar-refractivity contribution in [1.82, 2.24) is 0 Å². The smallest absolute Gasteiger partial charge is 0.258 e. The molecule has 0 bridgehead atoms. The molecular weight excluding hydrogens is 288 g/mol. The quantitative estimate of drug-likeness (QED) is 0.856. The van der Waals surface area contributed by atoms with Crippen LogP contribution in [-0.2, 0) is 0 Å². The van der Waals surface area contributed by atoms with E-state index in [-0.39, 0.29) is 5.91 Å². The van der Waals surface area contributed by atoms with E-state index in [1.165, 1.54) is 18.1 Å². The molecule has 0 saturated heterocycles. The molecule has 2 aromatic rings. The number of rotatable bonds is 4. The van der Waals surface area contributed by atoms with Crippen LogP contribution >= 0.6 is 0 Å². The third-order valence-electron chi connectivity index (χ3n) is 3.43. The van der Waals surface area contributed by atoms with Crippen LogP contribution in [0.1, 0.15) is 22.8 Å². The number of carbonyl (C=O) groups is 1. The average Bonchev–Trinajstić information content (AvgIpc) is 2.51. The van der Waals surface area contributed by atoms with Crippen molar-refractivity contribution in [2.45, 2.75) is 13.8 Å². The van der Waals surface area contributed by atoms with Crippen LogP contribution < -0.4 is 9.64 Å². The fraction of sp³-hybridized carbons (Fsp3) is 0.235. The predicted molar refractivity (Wildman–Crippen MR) is 81.4 cm³/mol. The summed E-state index contributed by atoms with van der Waals surface area (Å²) in [4.78, 5) is 14.0. The third-order valence-corrected chi connectivity index (χ3v) is 3.43. The Kier molecular flexibility index (Phi) is 4.75. The van der Waals surface area contributed by atoms with Gasteiger partial charge in [0.25, 0.3) is 5.91 Å². The molecule has 0 aromatic heterocycles. The number of carbonyl (C=O) groups excluding carboxylic acids is 1. The Morgan fingerprint density at radius 2 is 1.86 bits per heavy atom. The van der Waals surface area contributed by atoms with Crippen molar-refractivity contribution in [1.29, 1.82) is 0 Å². The van der Waals surface area contributed by atoms with Gasteiger partial charge in [0.15, 0.2) is 11.6 Å². The SMILES string of the molecule is CCN(C(=O)c1ccc(C)c(OC)c1)c1ccc(F)c(F)c1. The molecule has 0 spiro atoms. The van der Waals surface area contributed by atoms with Crippen molar-refractivity contribution >= 4 is 11.6 Å². The van der Waals surface area contributed by atoms with Crippen LogP contribution in [0.3, 0.4) is 0 Å². The van der Waals surface area contributed by atoms with E-state index < -0.39 is 11.6 Å². The fourth-order valence-corrected chi connectivity index (χ4v) is 2.21. The number of anilines is 1.